The van der Waals surface area contributed by atoms with Crippen LogP contribution in [0.3, 0.4) is 0 Å². The van der Waals surface area contributed by atoms with E-state index in [1.165, 1.54) is 0 Å². The van der Waals surface area contributed by atoms with Crippen molar-refractivity contribution in [2.75, 3.05) is 13.2 Å². The second-order valence-corrected chi connectivity index (χ2v) is 5.21. The van der Waals surface area contributed by atoms with Gasteiger partial charge in [0.15, 0.2) is 6.29 Å². The quantitative estimate of drug-likeness (QED) is 0.628. The minimum Gasteiger partial charge on any atom is -0.394 e. The third-order valence-corrected chi connectivity index (χ3v) is 3.48. The lowest BCUT2D eigenvalue weighted by atomic mass is 9.98. The summed E-state index contributed by atoms with van der Waals surface area (Å²) in [6.07, 6.45) is -4.78. The van der Waals surface area contributed by atoms with E-state index < -0.39 is 30.7 Å². The summed E-state index contributed by atoms with van der Waals surface area (Å²) >= 11 is 0. The fourth-order valence-electron chi connectivity index (χ4n) is 2.01. The van der Waals surface area contributed by atoms with Crippen molar-refractivity contribution in [3.05, 3.63) is 0 Å². The van der Waals surface area contributed by atoms with E-state index in [0.717, 1.165) is 0 Å². The Hall–Kier alpha value is -0.240. The molecule has 6 atom stereocenters. The van der Waals surface area contributed by atoms with E-state index in [0.29, 0.717) is 6.61 Å². The van der Waals surface area contributed by atoms with Crippen LogP contribution in [-0.2, 0) is 14.2 Å². The van der Waals surface area contributed by atoms with Crippen molar-refractivity contribution >= 4 is 0 Å². The Morgan fingerprint density at radius 2 is 1.79 bits per heavy atom. The smallest absolute Gasteiger partial charge is 0.184 e. The Labute approximate surface area is 114 Å². The van der Waals surface area contributed by atoms with Gasteiger partial charge in [-0.25, -0.2) is 0 Å². The van der Waals surface area contributed by atoms with Gasteiger partial charge >= 0.3 is 0 Å². The predicted molar refractivity (Wildman–Crippen MR) is 68.6 cm³/mol. The van der Waals surface area contributed by atoms with Crippen molar-refractivity contribution in [3.8, 4) is 0 Å². The number of aliphatic hydroxyl groups is 3. The van der Waals surface area contributed by atoms with Gasteiger partial charge in [-0.05, 0) is 19.8 Å². The van der Waals surface area contributed by atoms with Crippen LogP contribution < -0.4 is 0 Å². The van der Waals surface area contributed by atoms with Gasteiger partial charge in [-0.1, -0.05) is 13.8 Å². The predicted octanol–water partition coefficient (Wildman–Crippen LogP) is -0.108. The van der Waals surface area contributed by atoms with Gasteiger partial charge in [-0.2, -0.15) is 0 Å². The summed E-state index contributed by atoms with van der Waals surface area (Å²) in [5.74, 6) is 0.250. The summed E-state index contributed by atoms with van der Waals surface area (Å²) in [6, 6.07) is 0. The summed E-state index contributed by atoms with van der Waals surface area (Å²) in [6.45, 7) is 7.69. The fourth-order valence-corrected chi connectivity index (χ4v) is 2.01. The van der Waals surface area contributed by atoms with Crippen molar-refractivity contribution < 1.29 is 29.5 Å². The van der Waals surface area contributed by atoms with Crippen molar-refractivity contribution in [1.82, 2.24) is 0 Å². The van der Waals surface area contributed by atoms with Crippen molar-refractivity contribution in [2.45, 2.75) is 64.5 Å². The van der Waals surface area contributed by atoms with E-state index in [9.17, 15) is 15.3 Å². The minimum atomic E-state index is -1.27. The molecule has 0 bridgehead atoms. The highest BCUT2D eigenvalue weighted by atomic mass is 16.7. The first-order valence-corrected chi connectivity index (χ1v) is 6.81. The van der Waals surface area contributed by atoms with Crippen LogP contribution in [0.2, 0.25) is 0 Å². The minimum absolute atomic E-state index is 0.133. The molecule has 0 saturated carbocycles. The number of hydrogen-bond donors (Lipinski definition) is 3. The molecule has 114 valence electrons. The van der Waals surface area contributed by atoms with E-state index in [4.69, 9.17) is 14.2 Å². The molecule has 0 spiro atoms. The van der Waals surface area contributed by atoms with Crippen LogP contribution in [0, 0.1) is 5.92 Å². The maximum absolute atomic E-state index is 10.3. The Balaban J connectivity index is 2.75. The molecule has 1 heterocycles. The van der Waals surface area contributed by atoms with Gasteiger partial charge in [0.1, 0.15) is 24.4 Å². The molecular formula is C13H26O6. The third kappa shape index (κ3) is 4.11. The van der Waals surface area contributed by atoms with E-state index in [2.05, 4.69) is 0 Å². The van der Waals surface area contributed by atoms with Gasteiger partial charge < -0.3 is 29.5 Å². The van der Waals surface area contributed by atoms with E-state index in [1.54, 1.807) is 6.92 Å². The Morgan fingerprint density at radius 1 is 1.16 bits per heavy atom. The molecular weight excluding hydrogens is 252 g/mol. The van der Waals surface area contributed by atoms with Crippen LogP contribution in [0.4, 0.5) is 0 Å². The molecule has 0 aromatic rings. The summed E-state index contributed by atoms with van der Waals surface area (Å²) in [7, 11) is 0. The van der Waals surface area contributed by atoms with Gasteiger partial charge in [0.25, 0.3) is 0 Å². The zero-order valence-corrected chi connectivity index (χ0v) is 12.0. The van der Waals surface area contributed by atoms with Gasteiger partial charge in [0.05, 0.1) is 12.7 Å². The highest BCUT2D eigenvalue weighted by Gasteiger charge is 2.46. The topological polar surface area (TPSA) is 88.4 Å². The Morgan fingerprint density at radius 3 is 2.26 bits per heavy atom. The normalized spacial score (nSPS) is 37.6. The second-order valence-electron chi connectivity index (χ2n) is 5.21. The summed E-state index contributed by atoms with van der Waals surface area (Å²) in [5.41, 5.74) is 0. The summed E-state index contributed by atoms with van der Waals surface area (Å²) < 4.78 is 16.3. The van der Waals surface area contributed by atoms with Gasteiger partial charge in [-0.3, -0.25) is 0 Å². The highest BCUT2D eigenvalue weighted by Crippen LogP contribution is 2.26. The van der Waals surface area contributed by atoms with Gasteiger partial charge in [0.2, 0.25) is 0 Å². The summed E-state index contributed by atoms with van der Waals surface area (Å²) in [4.78, 5) is 0. The van der Waals surface area contributed by atoms with Crippen molar-refractivity contribution in [2.24, 2.45) is 5.92 Å². The molecule has 0 aromatic heterocycles. The van der Waals surface area contributed by atoms with Crippen LogP contribution in [0.15, 0.2) is 0 Å². The lowest BCUT2D eigenvalue weighted by Gasteiger charge is -2.43. The van der Waals surface area contributed by atoms with Crippen LogP contribution in [0.5, 0.6) is 0 Å². The molecule has 6 heteroatoms. The molecule has 3 N–H and O–H groups in total. The average Bonchev–Trinajstić information content (AvgIpc) is 2.37. The lowest BCUT2D eigenvalue weighted by molar-refractivity contribution is -0.310. The molecule has 6 nitrogen and oxygen atoms in total. The molecule has 1 aliphatic heterocycles. The van der Waals surface area contributed by atoms with Crippen molar-refractivity contribution in [3.63, 3.8) is 0 Å². The van der Waals surface area contributed by atoms with Crippen LogP contribution in [0.1, 0.15) is 27.7 Å². The first-order chi connectivity index (χ1) is 8.92. The number of aliphatic hydroxyl groups excluding tert-OH is 3. The molecule has 1 rings (SSSR count). The molecule has 1 saturated heterocycles. The Bertz CT molecular complexity index is 260. The number of hydrogen-bond acceptors (Lipinski definition) is 6. The zero-order chi connectivity index (χ0) is 14.6. The average molecular weight is 278 g/mol. The summed E-state index contributed by atoms with van der Waals surface area (Å²) in [5, 5.41) is 29.4. The van der Waals surface area contributed by atoms with Crippen LogP contribution in [0.25, 0.3) is 0 Å². The molecule has 1 fully saturated rings. The van der Waals surface area contributed by atoms with Gasteiger partial charge in [-0.15, -0.1) is 0 Å². The Kier molecular flexibility index (Phi) is 6.65. The SMILES string of the molecule is CCOC1C(CO)OC(O)C(OC(C)C(C)C)C1O. The van der Waals surface area contributed by atoms with Crippen LogP contribution >= 0.6 is 0 Å². The number of ether oxygens (including phenoxy) is 3. The maximum Gasteiger partial charge on any atom is 0.184 e. The molecule has 6 unspecified atom stereocenters. The monoisotopic (exact) mass is 278 g/mol. The highest BCUT2D eigenvalue weighted by molar-refractivity contribution is 4.91. The second kappa shape index (κ2) is 7.52. The molecule has 1 aliphatic rings. The fraction of sp³-hybridized carbons (Fsp3) is 1.00. The van der Waals surface area contributed by atoms with E-state index in [1.807, 2.05) is 20.8 Å². The molecule has 0 aromatic carbocycles. The first-order valence-electron chi connectivity index (χ1n) is 6.81. The first kappa shape index (κ1) is 16.8. The lowest BCUT2D eigenvalue weighted by Crippen LogP contribution is -2.60. The molecule has 0 aliphatic carbocycles. The maximum atomic E-state index is 10.3. The van der Waals surface area contributed by atoms with E-state index in [-0.39, 0.29) is 18.6 Å². The molecule has 19 heavy (non-hydrogen) atoms. The molecule has 0 amide bonds. The number of rotatable bonds is 6. The largest absolute Gasteiger partial charge is 0.394 e. The van der Waals surface area contributed by atoms with Crippen molar-refractivity contribution in [1.29, 1.82) is 0 Å². The molecule has 0 radical (unpaired) electrons. The van der Waals surface area contributed by atoms with Crippen LogP contribution in [-0.4, -0.2) is 65.3 Å². The third-order valence-electron chi connectivity index (χ3n) is 3.48. The van der Waals surface area contributed by atoms with E-state index >= 15 is 0 Å². The zero-order valence-electron chi connectivity index (χ0n) is 12.0. The van der Waals surface area contributed by atoms with Gasteiger partial charge in [0, 0.05) is 6.61 Å². The standard InChI is InChI=1S/C13H26O6/c1-5-17-11-9(6-14)19-13(16)12(10(11)15)18-8(4)7(2)3/h7-16H,5-6H2,1-4H3.